The molecule has 104 valence electrons. The van der Waals surface area contributed by atoms with Gasteiger partial charge in [0.1, 0.15) is 5.75 Å². The zero-order valence-electron chi connectivity index (χ0n) is 11.1. The summed E-state index contributed by atoms with van der Waals surface area (Å²) in [6, 6.07) is 6.42. The van der Waals surface area contributed by atoms with Crippen LogP contribution in [-0.2, 0) is 0 Å². The molecule has 0 saturated heterocycles. The summed E-state index contributed by atoms with van der Waals surface area (Å²) >= 11 is 11.9. The SMILES string of the molecule is CC(C)Oc1cncc(C(=O)c2ccc(Cl)cc2Cl)c1. The maximum Gasteiger partial charge on any atom is 0.196 e. The summed E-state index contributed by atoms with van der Waals surface area (Å²) in [5.41, 5.74) is 0.812. The van der Waals surface area contributed by atoms with Crippen molar-refractivity contribution in [3.05, 3.63) is 57.8 Å². The average Bonchev–Trinajstić information content (AvgIpc) is 2.37. The van der Waals surface area contributed by atoms with Crippen molar-refractivity contribution in [2.45, 2.75) is 20.0 Å². The number of benzene rings is 1. The average molecular weight is 310 g/mol. The molecule has 2 rings (SSSR count). The van der Waals surface area contributed by atoms with E-state index in [2.05, 4.69) is 4.98 Å². The van der Waals surface area contributed by atoms with Gasteiger partial charge in [-0.05, 0) is 38.1 Å². The van der Waals surface area contributed by atoms with E-state index >= 15 is 0 Å². The van der Waals surface area contributed by atoms with Crippen molar-refractivity contribution in [1.82, 2.24) is 4.98 Å². The molecule has 1 aromatic carbocycles. The molecule has 0 fully saturated rings. The van der Waals surface area contributed by atoms with Gasteiger partial charge in [-0.1, -0.05) is 23.2 Å². The Balaban J connectivity index is 2.33. The first-order chi connectivity index (χ1) is 9.47. The lowest BCUT2D eigenvalue weighted by Gasteiger charge is -2.10. The Kier molecular flexibility index (Phi) is 4.63. The molecule has 1 aromatic heterocycles. The van der Waals surface area contributed by atoms with Crippen LogP contribution in [0.2, 0.25) is 10.0 Å². The maximum atomic E-state index is 12.4. The first-order valence-corrected chi connectivity index (χ1v) is 6.84. The minimum atomic E-state index is -0.214. The Morgan fingerprint density at radius 3 is 2.60 bits per heavy atom. The van der Waals surface area contributed by atoms with Gasteiger partial charge in [0.15, 0.2) is 5.78 Å². The van der Waals surface area contributed by atoms with Gasteiger partial charge in [-0.3, -0.25) is 9.78 Å². The van der Waals surface area contributed by atoms with E-state index in [-0.39, 0.29) is 11.9 Å². The third-order valence-corrected chi connectivity index (χ3v) is 3.07. The van der Waals surface area contributed by atoms with Gasteiger partial charge in [0.05, 0.1) is 17.3 Å². The van der Waals surface area contributed by atoms with Gasteiger partial charge in [0, 0.05) is 22.3 Å². The highest BCUT2D eigenvalue weighted by Gasteiger charge is 2.14. The van der Waals surface area contributed by atoms with Crippen molar-refractivity contribution in [3.63, 3.8) is 0 Å². The maximum absolute atomic E-state index is 12.4. The summed E-state index contributed by atoms with van der Waals surface area (Å²) in [4.78, 5) is 16.4. The van der Waals surface area contributed by atoms with E-state index in [1.807, 2.05) is 13.8 Å². The minimum Gasteiger partial charge on any atom is -0.489 e. The van der Waals surface area contributed by atoms with Crippen molar-refractivity contribution >= 4 is 29.0 Å². The van der Waals surface area contributed by atoms with Crippen molar-refractivity contribution in [2.75, 3.05) is 0 Å². The molecule has 0 aliphatic heterocycles. The smallest absolute Gasteiger partial charge is 0.196 e. The Bertz CT molecular complexity index is 642. The second-order valence-electron chi connectivity index (χ2n) is 4.53. The van der Waals surface area contributed by atoms with Gasteiger partial charge >= 0.3 is 0 Å². The highest BCUT2D eigenvalue weighted by molar-refractivity contribution is 6.37. The van der Waals surface area contributed by atoms with E-state index in [9.17, 15) is 4.79 Å². The zero-order chi connectivity index (χ0) is 14.7. The Morgan fingerprint density at radius 1 is 1.20 bits per heavy atom. The van der Waals surface area contributed by atoms with Gasteiger partial charge in [-0.25, -0.2) is 0 Å². The Labute approximate surface area is 127 Å². The Hall–Kier alpha value is -1.58. The summed E-state index contributed by atoms with van der Waals surface area (Å²) in [6.07, 6.45) is 3.07. The fraction of sp³-hybridized carbons (Fsp3) is 0.200. The Morgan fingerprint density at radius 2 is 1.95 bits per heavy atom. The van der Waals surface area contributed by atoms with E-state index in [0.717, 1.165) is 0 Å². The molecule has 0 amide bonds. The quantitative estimate of drug-likeness (QED) is 0.785. The molecule has 0 atom stereocenters. The van der Waals surface area contributed by atoms with Crippen molar-refractivity contribution in [3.8, 4) is 5.75 Å². The van der Waals surface area contributed by atoms with Crippen LogP contribution in [0, 0.1) is 0 Å². The van der Waals surface area contributed by atoms with Crippen molar-refractivity contribution in [2.24, 2.45) is 0 Å². The monoisotopic (exact) mass is 309 g/mol. The molecule has 0 aliphatic rings. The van der Waals surface area contributed by atoms with Gasteiger partial charge in [0.2, 0.25) is 0 Å². The van der Waals surface area contributed by atoms with Gasteiger partial charge in [-0.2, -0.15) is 0 Å². The van der Waals surface area contributed by atoms with Crippen LogP contribution < -0.4 is 4.74 Å². The molecular weight excluding hydrogens is 297 g/mol. The molecule has 0 spiro atoms. The van der Waals surface area contributed by atoms with Crippen LogP contribution in [0.4, 0.5) is 0 Å². The summed E-state index contributed by atoms with van der Waals surface area (Å²) in [7, 11) is 0. The molecule has 20 heavy (non-hydrogen) atoms. The number of rotatable bonds is 4. The second kappa shape index (κ2) is 6.25. The molecule has 0 unspecified atom stereocenters. The van der Waals surface area contributed by atoms with Crippen LogP contribution in [0.1, 0.15) is 29.8 Å². The van der Waals surface area contributed by atoms with Gasteiger partial charge < -0.3 is 4.74 Å². The lowest BCUT2D eigenvalue weighted by molar-refractivity contribution is 0.103. The summed E-state index contributed by atoms with van der Waals surface area (Å²) in [5, 5.41) is 0.805. The molecular formula is C15H13Cl2NO2. The number of aromatic nitrogens is 1. The number of carbonyl (C=O) groups excluding carboxylic acids is 1. The lowest BCUT2D eigenvalue weighted by atomic mass is 10.1. The van der Waals surface area contributed by atoms with Gasteiger partial charge in [-0.15, -0.1) is 0 Å². The molecule has 0 radical (unpaired) electrons. The van der Waals surface area contributed by atoms with Gasteiger partial charge in [0.25, 0.3) is 0 Å². The van der Waals surface area contributed by atoms with Crippen LogP contribution in [0.5, 0.6) is 5.75 Å². The summed E-state index contributed by atoms with van der Waals surface area (Å²) < 4.78 is 5.52. The van der Waals surface area contributed by atoms with Crippen LogP contribution in [0.3, 0.4) is 0 Å². The number of carbonyl (C=O) groups is 1. The molecule has 0 bridgehead atoms. The number of halogens is 2. The minimum absolute atomic E-state index is 0.0151. The van der Waals surface area contributed by atoms with Crippen molar-refractivity contribution < 1.29 is 9.53 Å². The lowest BCUT2D eigenvalue weighted by Crippen LogP contribution is -2.08. The van der Waals surface area contributed by atoms with Crippen LogP contribution >= 0.6 is 23.2 Å². The fourth-order valence-electron chi connectivity index (χ4n) is 1.71. The van der Waals surface area contributed by atoms with E-state index < -0.39 is 0 Å². The second-order valence-corrected chi connectivity index (χ2v) is 5.37. The highest BCUT2D eigenvalue weighted by atomic mass is 35.5. The molecule has 0 N–H and O–H groups in total. The largest absolute Gasteiger partial charge is 0.489 e. The number of hydrogen-bond acceptors (Lipinski definition) is 3. The van der Waals surface area contributed by atoms with E-state index in [4.69, 9.17) is 27.9 Å². The normalized spacial score (nSPS) is 10.7. The number of ketones is 1. The predicted octanol–water partition coefficient (Wildman–Crippen LogP) is 4.41. The van der Waals surface area contributed by atoms with E-state index in [0.29, 0.717) is 26.9 Å². The zero-order valence-corrected chi connectivity index (χ0v) is 12.6. The molecule has 2 aromatic rings. The van der Waals surface area contributed by atoms with E-state index in [1.165, 1.54) is 12.3 Å². The molecule has 0 saturated carbocycles. The fourth-order valence-corrected chi connectivity index (χ4v) is 2.20. The van der Waals surface area contributed by atoms with Crippen LogP contribution in [0.15, 0.2) is 36.7 Å². The predicted molar refractivity (Wildman–Crippen MR) is 79.9 cm³/mol. The van der Waals surface area contributed by atoms with E-state index in [1.54, 1.807) is 24.4 Å². The third-order valence-electron chi connectivity index (χ3n) is 2.52. The number of pyridine rings is 1. The summed E-state index contributed by atoms with van der Waals surface area (Å²) in [5.74, 6) is 0.337. The molecule has 5 heteroatoms. The molecule has 0 aliphatic carbocycles. The number of nitrogens with zero attached hydrogens (tertiary/aromatic N) is 1. The first kappa shape index (κ1) is 14.8. The highest BCUT2D eigenvalue weighted by Crippen LogP contribution is 2.24. The standard InChI is InChI=1S/C15H13Cl2NO2/c1-9(2)20-12-5-10(7-18-8-12)15(19)13-4-3-11(16)6-14(13)17/h3-9H,1-2H3. The molecule has 3 nitrogen and oxygen atoms in total. The third kappa shape index (κ3) is 3.50. The molecule has 1 heterocycles. The first-order valence-electron chi connectivity index (χ1n) is 6.09. The number of hydrogen-bond donors (Lipinski definition) is 0. The topological polar surface area (TPSA) is 39.2 Å². The van der Waals surface area contributed by atoms with Crippen LogP contribution in [-0.4, -0.2) is 16.9 Å². The summed E-state index contributed by atoms with van der Waals surface area (Å²) in [6.45, 7) is 3.81. The number of ether oxygens (including phenoxy) is 1. The van der Waals surface area contributed by atoms with Crippen LogP contribution in [0.25, 0.3) is 0 Å². The van der Waals surface area contributed by atoms with Crippen molar-refractivity contribution in [1.29, 1.82) is 0 Å².